The highest BCUT2D eigenvalue weighted by atomic mass is 16.1. The Kier molecular flexibility index (Phi) is 5.76. The van der Waals surface area contributed by atoms with Gasteiger partial charge in [-0.05, 0) is 72.1 Å². The molecule has 5 heteroatoms. The molecule has 1 aromatic heterocycles. The minimum Gasteiger partial charge on any atom is -0.351 e. The number of nitrogens with one attached hydrogen (secondary N) is 2. The third-order valence-electron chi connectivity index (χ3n) is 5.71. The highest BCUT2D eigenvalue weighted by Gasteiger charge is 2.16. The number of hydrogen-bond donors (Lipinski definition) is 2. The first-order valence-electron chi connectivity index (χ1n) is 10.3. The van der Waals surface area contributed by atoms with E-state index in [0.29, 0.717) is 17.5 Å². The van der Waals surface area contributed by atoms with E-state index in [1.807, 2.05) is 48.5 Å². The molecule has 1 amide bonds. The van der Waals surface area contributed by atoms with Gasteiger partial charge < -0.3 is 15.2 Å². The predicted molar refractivity (Wildman–Crippen MR) is 117 cm³/mol. The molecule has 0 saturated carbocycles. The predicted octanol–water partition coefficient (Wildman–Crippen LogP) is 3.66. The highest BCUT2D eigenvalue weighted by molar-refractivity contribution is 5.95. The number of H-pyrrole nitrogens is 1. The number of fused-ring (bicyclic) bond motifs is 1. The number of carbonyl (C=O) groups is 1. The summed E-state index contributed by atoms with van der Waals surface area (Å²) in [4.78, 5) is 29.4. The first kappa shape index (κ1) is 19.4. The van der Waals surface area contributed by atoms with Crippen molar-refractivity contribution in [3.63, 3.8) is 0 Å². The Labute approximate surface area is 170 Å². The van der Waals surface area contributed by atoms with Crippen molar-refractivity contribution in [3.05, 3.63) is 70.6 Å². The van der Waals surface area contributed by atoms with Crippen LogP contribution in [0.25, 0.3) is 21.9 Å². The molecule has 0 unspecified atom stereocenters. The number of piperidine rings is 1. The molecule has 0 radical (unpaired) electrons. The van der Waals surface area contributed by atoms with Crippen LogP contribution < -0.4 is 10.9 Å². The molecule has 2 heterocycles. The lowest BCUT2D eigenvalue weighted by molar-refractivity contribution is 0.0944. The fourth-order valence-electron chi connectivity index (χ4n) is 4.11. The molecule has 2 N–H and O–H groups in total. The maximum absolute atomic E-state index is 12.4. The van der Waals surface area contributed by atoms with E-state index < -0.39 is 0 Å². The van der Waals surface area contributed by atoms with Gasteiger partial charge in [0.15, 0.2) is 0 Å². The van der Waals surface area contributed by atoms with Crippen molar-refractivity contribution in [2.24, 2.45) is 5.92 Å². The lowest BCUT2D eigenvalue weighted by Crippen LogP contribution is -2.40. The third kappa shape index (κ3) is 4.57. The Bertz CT molecular complexity index is 1060. The Balaban J connectivity index is 1.38. The fraction of sp³-hybridized carbons (Fsp3) is 0.333. The molecule has 0 bridgehead atoms. The van der Waals surface area contributed by atoms with Crippen molar-refractivity contribution >= 4 is 16.7 Å². The first-order chi connectivity index (χ1) is 14.1. The van der Waals surface area contributed by atoms with E-state index in [9.17, 15) is 9.59 Å². The van der Waals surface area contributed by atoms with Crippen LogP contribution in [-0.2, 0) is 0 Å². The van der Waals surface area contributed by atoms with Gasteiger partial charge in [0.1, 0.15) is 0 Å². The van der Waals surface area contributed by atoms with Gasteiger partial charge in [-0.15, -0.1) is 0 Å². The molecule has 150 valence electrons. The molecule has 1 aliphatic heterocycles. The normalized spacial score (nSPS) is 17.3. The minimum absolute atomic E-state index is 0.0355. The smallest absolute Gasteiger partial charge is 0.255 e. The van der Waals surface area contributed by atoms with E-state index in [1.165, 1.54) is 12.8 Å². The molecule has 29 heavy (non-hydrogen) atoms. The lowest BCUT2D eigenvalue weighted by atomic mass is 10.0. The van der Waals surface area contributed by atoms with Gasteiger partial charge in [0.25, 0.3) is 11.5 Å². The summed E-state index contributed by atoms with van der Waals surface area (Å²) in [6.07, 6.45) is 4.22. The largest absolute Gasteiger partial charge is 0.351 e. The molecule has 1 saturated heterocycles. The molecule has 5 nitrogen and oxygen atoms in total. The maximum Gasteiger partial charge on any atom is 0.255 e. The summed E-state index contributed by atoms with van der Waals surface area (Å²) in [5.41, 5.74) is 2.62. The summed E-state index contributed by atoms with van der Waals surface area (Å²) in [7, 11) is 0. The number of carbonyl (C=O) groups excluding carboxylic acids is 1. The molecule has 2 aromatic carbocycles. The number of hydrogen-bond acceptors (Lipinski definition) is 3. The second kappa shape index (κ2) is 8.62. The first-order valence-corrected chi connectivity index (χ1v) is 10.3. The van der Waals surface area contributed by atoms with Crippen molar-refractivity contribution in [1.82, 2.24) is 15.2 Å². The topological polar surface area (TPSA) is 65.2 Å². The van der Waals surface area contributed by atoms with Crippen LogP contribution in [0.1, 0.15) is 30.1 Å². The third-order valence-corrected chi connectivity index (χ3v) is 5.71. The number of benzene rings is 2. The summed E-state index contributed by atoms with van der Waals surface area (Å²) in [6, 6.07) is 15.3. The molecule has 1 atom stereocenters. The van der Waals surface area contributed by atoms with E-state index in [-0.39, 0.29) is 11.5 Å². The maximum atomic E-state index is 12.4. The SMILES string of the molecule is C[C@H]1CCCN(CCNC(=O)c2ccc(-c3ccc4c(=O)[nH]ccc4c3)cc2)C1. The minimum atomic E-state index is -0.0833. The van der Waals surface area contributed by atoms with Gasteiger partial charge in [0.2, 0.25) is 0 Å². The highest BCUT2D eigenvalue weighted by Crippen LogP contribution is 2.23. The van der Waals surface area contributed by atoms with Crippen LogP contribution in [0.15, 0.2) is 59.5 Å². The lowest BCUT2D eigenvalue weighted by Gasteiger charge is -2.30. The van der Waals surface area contributed by atoms with Gasteiger partial charge in [-0.2, -0.15) is 0 Å². The van der Waals surface area contributed by atoms with E-state index in [1.54, 1.807) is 6.20 Å². The number of aromatic amines is 1. The van der Waals surface area contributed by atoms with Gasteiger partial charge in [-0.25, -0.2) is 0 Å². The zero-order valence-corrected chi connectivity index (χ0v) is 16.8. The Morgan fingerprint density at radius 1 is 1.14 bits per heavy atom. The van der Waals surface area contributed by atoms with Crippen LogP contribution in [0.3, 0.4) is 0 Å². The van der Waals surface area contributed by atoms with Crippen LogP contribution >= 0.6 is 0 Å². The molecular formula is C24H27N3O2. The summed E-state index contributed by atoms with van der Waals surface area (Å²) < 4.78 is 0. The van der Waals surface area contributed by atoms with Crippen molar-refractivity contribution < 1.29 is 4.79 Å². The quantitative estimate of drug-likeness (QED) is 0.700. The zero-order chi connectivity index (χ0) is 20.2. The Morgan fingerprint density at radius 3 is 2.72 bits per heavy atom. The Morgan fingerprint density at radius 2 is 1.93 bits per heavy atom. The van der Waals surface area contributed by atoms with Crippen LogP contribution in [-0.4, -0.2) is 42.0 Å². The fourth-order valence-corrected chi connectivity index (χ4v) is 4.11. The zero-order valence-electron chi connectivity index (χ0n) is 16.8. The summed E-state index contributed by atoms with van der Waals surface area (Å²) in [5, 5.41) is 4.61. The van der Waals surface area contributed by atoms with E-state index >= 15 is 0 Å². The van der Waals surface area contributed by atoms with Gasteiger partial charge in [-0.3, -0.25) is 9.59 Å². The number of amides is 1. The Hall–Kier alpha value is -2.92. The van der Waals surface area contributed by atoms with Gasteiger partial charge in [-0.1, -0.05) is 25.1 Å². The molecule has 1 aliphatic rings. The number of rotatable bonds is 5. The molecule has 1 fully saturated rings. The van der Waals surface area contributed by atoms with E-state index in [0.717, 1.165) is 42.1 Å². The molecule has 3 aromatic rings. The van der Waals surface area contributed by atoms with Gasteiger partial charge in [0, 0.05) is 36.8 Å². The van der Waals surface area contributed by atoms with Crippen molar-refractivity contribution in [2.75, 3.05) is 26.2 Å². The number of aromatic nitrogens is 1. The van der Waals surface area contributed by atoms with Crippen LogP contribution in [0, 0.1) is 5.92 Å². The summed E-state index contributed by atoms with van der Waals surface area (Å²) in [5.74, 6) is 0.715. The van der Waals surface area contributed by atoms with Crippen molar-refractivity contribution in [2.45, 2.75) is 19.8 Å². The monoisotopic (exact) mass is 389 g/mol. The van der Waals surface area contributed by atoms with E-state index in [2.05, 4.69) is 22.1 Å². The van der Waals surface area contributed by atoms with Crippen LogP contribution in [0.2, 0.25) is 0 Å². The van der Waals surface area contributed by atoms with Crippen molar-refractivity contribution in [3.8, 4) is 11.1 Å². The van der Waals surface area contributed by atoms with E-state index in [4.69, 9.17) is 0 Å². The van der Waals surface area contributed by atoms with Gasteiger partial charge >= 0.3 is 0 Å². The average Bonchev–Trinajstić information content (AvgIpc) is 2.74. The van der Waals surface area contributed by atoms with Crippen molar-refractivity contribution in [1.29, 1.82) is 0 Å². The number of nitrogens with zero attached hydrogens (tertiary/aromatic N) is 1. The van der Waals surface area contributed by atoms with Crippen LogP contribution in [0.5, 0.6) is 0 Å². The second-order valence-corrected chi connectivity index (χ2v) is 7.99. The standard InChI is InChI=1S/C24H27N3O2/c1-17-3-2-13-27(16-17)14-12-26-23(28)19-6-4-18(5-7-19)20-8-9-22-21(15-20)10-11-25-24(22)29/h4-11,15,17H,2-3,12-14,16H2,1H3,(H,25,29)(H,26,28)/t17-/m0/s1. The average molecular weight is 389 g/mol. The van der Waals surface area contributed by atoms with Crippen LogP contribution in [0.4, 0.5) is 0 Å². The molecule has 0 aliphatic carbocycles. The molecule has 4 rings (SSSR count). The molecular weight excluding hydrogens is 362 g/mol. The number of likely N-dealkylation sites (tertiary alicyclic amines) is 1. The number of pyridine rings is 1. The van der Waals surface area contributed by atoms with Gasteiger partial charge in [0.05, 0.1) is 0 Å². The molecule has 0 spiro atoms. The summed E-state index contributed by atoms with van der Waals surface area (Å²) in [6.45, 7) is 6.13. The summed E-state index contributed by atoms with van der Waals surface area (Å²) >= 11 is 0. The second-order valence-electron chi connectivity index (χ2n) is 7.99.